The summed E-state index contributed by atoms with van der Waals surface area (Å²) in [7, 11) is 0. The summed E-state index contributed by atoms with van der Waals surface area (Å²) in [6, 6.07) is 1.73. The fourth-order valence-electron chi connectivity index (χ4n) is 2.84. The minimum absolute atomic E-state index is 0.0892. The van der Waals surface area contributed by atoms with Crippen molar-refractivity contribution in [2.24, 2.45) is 0 Å². The second-order valence-corrected chi connectivity index (χ2v) is 7.16. The molecule has 6 N–H and O–H groups in total. The number of aromatic amines is 2. The molecule has 13 nitrogen and oxygen atoms in total. The Hall–Kier alpha value is -4.16. The number of hydrogen-bond donors (Lipinski definition) is 6. The van der Waals surface area contributed by atoms with E-state index in [2.05, 4.69) is 47.8 Å². The second-order valence-electron chi connectivity index (χ2n) is 7.16. The molecule has 0 aromatic carbocycles. The molecule has 0 fully saturated rings. The van der Waals surface area contributed by atoms with Crippen molar-refractivity contribution in [2.45, 2.75) is 26.7 Å². The number of H-pyrrole nitrogens is 2. The molecule has 0 radical (unpaired) electrons. The van der Waals surface area contributed by atoms with E-state index in [0.717, 1.165) is 0 Å². The van der Waals surface area contributed by atoms with Gasteiger partial charge in [0.15, 0.2) is 0 Å². The fourth-order valence-corrected chi connectivity index (χ4v) is 2.84. The van der Waals surface area contributed by atoms with Gasteiger partial charge in [0.2, 0.25) is 11.9 Å². The SMILES string of the molecule is C=CN(CCCNC(=O)Nc1nc(C)cc(=O)[nH]1)CCCNC(=O)Nc1nc(C)cc(=O)[nH]1. The molecule has 178 valence electrons. The molecule has 4 amide bonds. The van der Waals surface area contributed by atoms with Crippen LogP contribution in [-0.2, 0) is 0 Å². The van der Waals surface area contributed by atoms with Crippen molar-refractivity contribution in [3.05, 3.63) is 57.0 Å². The van der Waals surface area contributed by atoms with Crippen LogP contribution in [-0.4, -0.2) is 63.1 Å². The lowest BCUT2D eigenvalue weighted by molar-refractivity contribution is 0.251. The number of nitrogens with one attached hydrogen (secondary N) is 6. The van der Waals surface area contributed by atoms with Crippen LogP contribution < -0.4 is 32.4 Å². The van der Waals surface area contributed by atoms with Gasteiger partial charge in [0.25, 0.3) is 11.1 Å². The maximum atomic E-state index is 11.9. The van der Waals surface area contributed by atoms with E-state index in [1.807, 2.05) is 4.90 Å². The lowest BCUT2D eigenvalue weighted by Gasteiger charge is -2.20. The van der Waals surface area contributed by atoms with Crippen LogP contribution in [0.1, 0.15) is 24.2 Å². The van der Waals surface area contributed by atoms with Crippen LogP contribution in [0.3, 0.4) is 0 Å². The summed E-state index contributed by atoms with van der Waals surface area (Å²) in [4.78, 5) is 61.5. The average Bonchev–Trinajstić information content (AvgIpc) is 2.71. The molecule has 33 heavy (non-hydrogen) atoms. The summed E-state index contributed by atoms with van der Waals surface area (Å²) < 4.78 is 0. The number of carbonyl (C=O) groups excluding carboxylic acids is 2. The third-order valence-corrected chi connectivity index (χ3v) is 4.28. The van der Waals surface area contributed by atoms with E-state index < -0.39 is 12.1 Å². The van der Waals surface area contributed by atoms with Gasteiger partial charge < -0.3 is 15.5 Å². The van der Waals surface area contributed by atoms with Crippen molar-refractivity contribution in [3.63, 3.8) is 0 Å². The van der Waals surface area contributed by atoms with Gasteiger partial charge in [-0.1, -0.05) is 6.58 Å². The maximum absolute atomic E-state index is 11.9. The molecule has 0 aliphatic carbocycles. The first-order valence-electron chi connectivity index (χ1n) is 10.4. The zero-order valence-electron chi connectivity index (χ0n) is 18.7. The highest BCUT2D eigenvalue weighted by atomic mass is 16.2. The smallest absolute Gasteiger partial charge is 0.321 e. The number of urea groups is 2. The Bertz CT molecular complexity index is 998. The Morgan fingerprint density at radius 1 is 0.909 bits per heavy atom. The molecular weight excluding hydrogens is 430 g/mol. The van der Waals surface area contributed by atoms with Crippen LogP contribution in [0.5, 0.6) is 0 Å². The van der Waals surface area contributed by atoms with E-state index in [1.165, 1.54) is 12.1 Å². The van der Waals surface area contributed by atoms with E-state index in [-0.39, 0.29) is 23.0 Å². The van der Waals surface area contributed by atoms with Gasteiger partial charge in [-0.15, -0.1) is 0 Å². The number of aryl methyl sites for hydroxylation is 2. The van der Waals surface area contributed by atoms with Crippen molar-refractivity contribution < 1.29 is 9.59 Å². The quantitative estimate of drug-likeness (QED) is 0.267. The van der Waals surface area contributed by atoms with E-state index in [1.54, 1.807) is 20.0 Å². The Labute approximate surface area is 190 Å². The first-order valence-corrected chi connectivity index (χ1v) is 10.4. The maximum Gasteiger partial charge on any atom is 0.321 e. The zero-order chi connectivity index (χ0) is 24.2. The van der Waals surface area contributed by atoms with Crippen molar-refractivity contribution >= 4 is 24.0 Å². The van der Waals surface area contributed by atoms with Crippen LogP contribution in [0.2, 0.25) is 0 Å². The Morgan fingerprint density at radius 3 is 1.70 bits per heavy atom. The molecular formula is C20H29N9O4. The lowest BCUT2D eigenvalue weighted by atomic mass is 10.3. The molecule has 0 atom stereocenters. The van der Waals surface area contributed by atoms with Crippen LogP contribution >= 0.6 is 0 Å². The molecule has 2 aromatic rings. The fraction of sp³-hybridized carbons (Fsp3) is 0.400. The van der Waals surface area contributed by atoms with E-state index in [0.29, 0.717) is 50.4 Å². The number of hydrogen-bond acceptors (Lipinski definition) is 7. The van der Waals surface area contributed by atoms with E-state index in [9.17, 15) is 19.2 Å². The average molecular weight is 460 g/mol. The molecule has 2 rings (SSSR count). The third-order valence-electron chi connectivity index (χ3n) is 4.28. The van der Waals surface area contributed by atoms with Gasteiger partial charge >= 0.3 is 12.1 Å². The Balaban J connectivity index is 1.60. The molecule has 2 aromatic heterocycles. The number of aromatic nitrogens is 4. The number of carbonyl (C=O) groups is 2. The van der Waals surface area contributed by atoms with Crippen molar-refractivity contribution in [1.29, 1.82) is 0 Å². The van der Waals surface area contributed by atoms with E-state index >= 15 is 0 Å². The van der Waals surface area contributed by atoms with Gasteiger partial charge in [-0.2, -0.15) is 0 Å². The molecule has 0 spiro atoms. The molecule has 0 aliphatic rings. The van der Waals surface area contributed by atoms with Crippen molar-refractivity contribution in [2.75, 3.05) is 36.8 Å². The highest BCUT2D eigenvalue weighted by Gasteiger charge is 2.06. The molecule has 13 heteroatoms. The van der Waals surface area contributed by atoms with Gasteiger partial charge in [0.05, 0.1) is 0 Å². The minimum Gasteiger partial charge on any atom is -0.378 e. The summed E-state index contributed by atoms with van der Waals surface area (Å²) >= 11 is 0. The van der Waals surface area contributed by atoms with Gasteiger partial charge in [-0.25, -0.2) is 19.6 Å². The standard InChI is InChI=1S/C20H29N9O4/c1-4-29(9-5-7-21-19(32)27-17-23-13(2)11-15(30)25-17)10-6-8-22-20(33)28-18-24-14(3)12-16(31)26-18/h4,11-12H,1,5-10H2,2-3H3,(H3,21,23,25,27,30,32)(H3,22,24,26,28,31,33). The molecule has 2 heterocycles. The second kappa shape index (κ2) is 12.6. The first-order chi connectivity index (χ1) is 15.7. The molecule has 0 aliphatic heterocycles. The highest BCUT2D eigenvalue weighted by molar-refractivity contribution is 5.87. The number of rotatable bonds is 11. The summed E-state index contributed by atoms with van der Waals surface area (Å²) in [5, 5.41) is 10.3. The largest absolute Gasteiger partial charge is 0.378 e. The van der Waals surface area contributed by atoms with Gasteiger partial charge in [0.1, 0.15) is 0 Å². The first kappa shape index (κ1) is 25.1. The third kappa shape index (κ3) is 9.67. The van der Waals surface area contributed by atoms with Crippen molar-refractivity contribution in [3.8, 4) is 0 Å². The molecule has 0 saturated carbocycles. The predicted molar refractivity (Wildman–Crippen MR) is 124 cm³/mol. The Morgan fingerprint density at radius 2 is 1.33 bits per heavy atom. The number of amides is 4. The summed E-state index contributed by atoms with van der Waals surface area (Å²) in [5.74, 6) is 0.178. The molecule has 0 saturated heterocycles. The summed E-state index contributed by atoms with van der Waals surface area (Å²) in [5.41, 5.74) is 0.329. The van der Waals surface area contributed by atoms with Crippen LogP contribution in [0.25, 0.3) is 0 Å². The van der Waals surface area contributed by atoms with Crippen LogP contribution in [0, 0.1) is 13.8 Å². The predicted octanol–water partition coefficient (Wildman–Crippen LogP) is 0.639. The topological polar surface area (TPSA) is 177 Å². The lowest BCUT2D eigenvalue weighted by Crippen LogP contribution is -2.34. The highest BCUT2D eigenvalue weighted by Crippen LogP contribution is 1.98. The van der Waals surface area contributed by atoms with Gasteiger partial charge in [-0.3, -0.25) is 30.2 Å². The zero-order valence-corrected chi connectivity index (χ0v) is 18.7. The van der Waals surface area contributed by atoms with Crippen LogP contribution in [0.4, 0.5) is 21.5 Å². The minimum atomic E-state index is -0.464. The van der Waals surface area contributed by atoms with Gasteiger partial charge in [0, 0.05) is 49.7 Å². The Kier molecular flexibility index (Phi) is 9.61. The van der Waals surface area contributed by atoms with E-state index in [4.69, 9.17) is 0 Å². The molecule has 0 unspecified atom stereocenters. The normalized spacial score (nSPS) is 10.2. The number of nitrogens with zero attached hydrogens (tertiary/aromatic N) is 3. The van der Waals surface area contributed by atoms with Gasteiger partial charge in [-0.05, 0) is 32.9 Å². The van der Waals surface area contributed by atoms with Crippen molar-refractivity contribution in [1.82, 2.24) is 35.5 Å². The summed E-state index contributed by atoms with van der Waals surface area (Å²) in [6.07, 6.45) is 3.03. The van der Waals surface area contributed by atoms with Crippen LogP contribution in [0.15, 0.2) is 34.5 Å². The number of anilines is 2. The monoisotopic (exact) mass is 459 g/mol. The summed E-state index contributed by atoms with van der Waals surface area (Å²) in [6.45, 7) is 9.23. The molecule has 0 bridgehead atoms.